The number of halogens is 3. The van der Waals surface area contributed by atoms with Crippen molar-refractivity contribution < 1.29 is 9.18 Å². The van der Waals surface area contributed by atoms with E-state index in [1.807, 2.05) is 19.1 Å². The molecule has 0 radical (unpaired) electrons. The fourth-order valence-corrected chi connectivity index (χ4v) is 2.22. The summed E-state index contributed by atoms with van der Waals surface area (Å²) in [6.45, 7) is 1.83. The molecule has 0 aliphatic rings. The average molecular weight is 328 g/mol. The third-order valence-electron chi connectivity index (χ3n) is 2.62. The Morgan fingerprint density at radius 3 is 2.61 bits per heavy atom. The molecule has 2 aromatic carbocycles. The monoisotopic (exact) mass is 326 g/mol. The molecule has 1 nitrogen and oxygen atoms in total. The van der Waals surface area contributed by atoms with E-state index in [1.54, 1.807) is 6.07 Å². The maximum absolute atomic E-state index is 13.2. The third kappa shape index (κ3) is 2.62. The molecular weight excluding hydrogens is 319 g/mol. The molecule has 0 aliphatic heterocycles. The van der Waals surface area contributed by atoms with E-state index in [2.05, 4.69) is 15.9 Å². The van der Waals surface area contributed by atoms with Gasteiger partial charge in [-0.05, 0) is 42.8 Å². The lowest BCUT2D eigenvalue weighted by Gasteiger charge is -2.07. The minimum absolute atomic E-state index is 0.179. The summed E-state index contributed by atoms with van der Waals surface area (Å²) >= 11 is 9.24. The minimum atomic E-state index is -0.476. The molecule has 0 saturated carbocycles. The highest BCUT2D eigenvalue weighted by atomic mass is 79.9. The van der Waals surface area contributed by atoms with Gasteiger partial charge in [0, 0.05) is 15.6 Å². The van der Waals surface area contributed by atoms with Crippen molar-refractivity contribution in [1.82, 2.24) is 0 Å². The fourth-order valence-electron chi connectivity index (χ4n) is 1.66. The normalized spacial score (nSPS) is 10.4. The van der Waals surface area contributed by atoms with Crippen molar-refractivity contribution in [3.05, 3.63) is 68.4 Å². The Kier molecular flexibility index (Phi) is 3.83. The Morgan fingerprint density at radius 1 is 1.17 bits per heavy atom. The van der Waals surface area contributed by atoms with Crippen LogP contribution in [0, 0.1) is 12.7 Å². The first kappa shape index (κ1) is 13.2. The maximum atomic E-state index is 13.2. The number of rotatable bonds is 2. The number of aryl methyl sites for hydroxylation is 1. The summed E-state index contributed by atoms with van der Waals surface area (Å²) < 4.78 is 14.0. The zero-order chi connectivity index (χ0) is 13.3. The van der Waals surface area contributed by atoms with Gasteiger partial charge < -0.3 is 0 Å². The second kappa shape index (κ2) is 5.21. The molecule has 0 atom stereocenters. The van der Waals surface area contributed by atoms with Crippen molar-refractivity contribution in [2.45, 2.75) is 6.92 Å². The molecule has 0 heterocycles. The van der Waals surface area contributed by atoms with Crippen molar-refractivity contribution in [3.63, 3.8) is 0 Å². The Morgan fingerprint density at radius 2 is 1.89 bits per heavy atom. The van der Waals surface area contributed by atoms with Gasteiger partial charge in [-0.25, -0.2) is 4.39 Å². The average Bonchev–Trinajstić information content (AvgIpc) is 2.34. The van der Waals surface area contributed by atoms with Crippen LogP contribution in [-0.2, 0) is 0 Å². The summed E-state index contributed by atoms with van der Waals surface area (Å²) in [5.74, 6) is -0.756. The van der Waals surface area contributed by atoms with Crippen molar-refractivity contribution in [3.8, 4) is 0 Å². The topological polar surface area (TPSA) is 17.1 Å². The maximum Gasteiger partial charge on any atom is 0.194 e. The Balaban J connectivity index is 2.54. The molecule has 0 saturated heterocycles. The van der Waals surface area contributed by atoms with E-state index >= 15 is 0 Å². The van der Waals surface area contributed by atoms with E-state index in [0.29, 0.717) is 5.56 Å². The second-order valence-corrected chi connectivity index (χ2v) is 5.24. The van der Waals surface area contributed by atoms with Gasteiger partial charge in [-0.2, -0.15) is 0 Å². The first-order valence-electron chi connectivity index (χ1n) is 5.25. The van der Waals surface area contributed by atoms with Gasteiger partial charge in [0.25, 0.3) is 0 Å². The van der Waals surface area contributed by atoms with Gasteiger partial charge in [-0.3, -0.25) is 4.79 Å². The first-order chi connectivity index (χ1) is 8.49. The van der Waals surface area contributed by atoms with E-state index in [-0.39, 0.29) is 16.4 Å². The highest BCUT2D eigenvalue weighted by Gasteiger charge is 2.16. The van der Waals surface area contributed by atoms with Gasteiger partial charge in [-0.15, -0.1) is 0 Å². The quantitative estimate of drug-likeness (QED) is 0.725. The molecule has 0 fully saturated rings. The van der Waals surface area contributed by atoms with E-state index in [0.717, 1.165) is 16.1 Å². The van der Waals surface area contributed by atoms with Crippen molar-refractivity contribution >= 4 is 33.3 Å². The summed E-state index contributed by atoms with van der Waals surface area (Å²) in [5, 5.41) is 0.251. The lowest BCUT2D eigenvalue weighted by molar-refractivity contribution is 0.103. The largest absolute Gasteiger partial charge is 0.289 e. The van der Waals surface area contributed by atoms with Gasteiger partial charge in [0.05, 0.1) is 5.02 Å². The van der Waals surface area contributed by atoms with Gasteiger partial charge in [-0.1, -0.05) is 33.6 Å². The lowest BCUT2D eigenvalue weighted by atomic mass is 9.99. The van der Waals surface area contributed by atoms with E-state index in [1.165, 1.54) is 12.1 Å². The molecule has 92 valence electrons. The van der Waals surface area contributed by atoms with Gasteiger partial charge in [0.1, 0.15) is 5.82 Å². The van der Waals surface area contributed by atoms with Crippen molar-refractivity contribution in [2.24, 2.45) is 0 Å². The Labute approximate surface area is 118 Å². The molecule has 2 rings (SSSR count). The molecule has 0 N–H and O–H groups in total. The van der Waals surface area contributed by atoms with Gasteiger partial charge in [0.2, 0.25) is 0 Å². The number of benzene rings is 2. The first-order valence-corrected chi connectivity index (χ1v) is 6.42. The zero-order valence-corrected chi connectivity index (χ0v) is 11.8. The Bertz CT molecular complexity index is 572. The number of hydrogen-bond acceptors (Lipinski definition) is 1. The molecular formula is C14H9BrClFO. The van der Waals surface area contributed by atoms with Crippen LogP contribution >= 0.6 is 27.5 Å². The molecule has 0 aliphatic carbocycles. The van der Waals surface area contributed by atoms with Gasteiger partial charge >= 0.3 is 0 Å². The van der Waals surface area contributed by atoms with Gasteiger partial charge in [0.15, 0.2) is 5.78 Å². The van der Waals surface area contributed by atoms with Crippen LogP contribution in [0.5, 0.6) is 0 Å². The van der Waals surface area contributed by atoms with Crippen LogP contribution in [0.15, 0.2) is 40.9 Å². The molecule has 0 bridgehead atoms. The van der Waals surface area contributed by atoms with E-state index in [4.69, 9.17) is 11.6 Å². The molecule has 18 heavy (non-hydrogen) atoms. The summed E-state index contributed by atoms with van der Waals surface area (Å²) in [5.41, 5.74) is 1.51. The lowest BCUT2D eigenvalue weighted by Crippen LogP contribution is -2.05. The Hall–Kier alpha value is -1.19. The van der Waals surface area contributed by atoms with Crippen LogP contribution in [0.25, 0.3) is 0 Å². The summed E-state index contributed by atoms with van der Waals surface area (Å²) in [6.07, 6.45) is 0. The number of carbonyl (C=O) groups is 1. The van der Waals surface area contributed by atoms with Crippen molar-refractivity contribution in [2.75, 3.05) is 0 Å². The molecule has 0 spiro atoms. The smallest absolute Gasteiger partial charge is 0.194 e. The SMILES string of the molecule is Cc1ccc(Br)cc1C(=O)c1cc(F)ccc1Cl. The van der Waals surface area contributed by atoms with Crippen LogP contribution in [0.1, 0.15) is 21.5 Å². The summed E-state index contributed by atoms with van der Waals surface area (Å²) in [7, 11) is 0. The molecule has 0 amide bonds. The minimum Gasteiger partial charge on any atom is -0.289 e. The molecule has 2 aromatic rings. The van der Waals surface area contributed by atoms with Crippen LogP contribution in [0.3, 0.4) is 0 Å². The second-order valence-electron chi connectivity index (χ2n) is 3.91. The van der Waals surface area contributed by atoms with E-state index in [9.17, 15) is 9.18 Å². The standard InChI is InChI=1S/C14H9BrClFO/c1-8-2-3-9(15)6-11(8)14(18)12-7-10(17)4-5-13(12)16/h2-7H,1H3. The molecule has 4 heteroatoms. The van der Waals surface area contributed by atoms with Crippen LogP contribution in [0.2, 0.25) is 5.02 Å². The summed E-state index contributed by atoms with van der Waals surface area (Å²) in [6, 6.07) is 9.15. The number of hydrogen-bond donors (Lipinski definition) is 0. The predicted molar refractivity (Wildman–Crippen MR) is 73.7 cm³/mol. The number of carbonyl (C=O) groups excluding carboxylic acids is 1. The van der Waals surface area contributed by atoms with Crippen LogP contribution < -0.4 is 0 Å². The summed E-state index contributed by atoms with van der Waals surface area (Å²) in [4.78, 5) is 12.3. The zero-order valence-electron chi connectivity index (χ0n) is 9.51. The fraction of sp³-hybridized carbons (Fsp3) is 0.0714. The van der Waals surface area contributed by atoms with Crippen LogP contribution in [0.4, 0.5) is 4.39 Å². The number of ketones is 1. The third-order valence-corrected chi connectivity index (χ3v) is 3.44. The highest BCUT2D eigenvalue weighted by molar-refractivity contribution is 9.10. The predicted octanol–water partition coefficient (Wildman–Crippen LogP) is 4.78. The molecule has 0 unspecified atom stereocenters. The highest BCUT2D eigenvalue weighted by Crippen LogP contribution is 2.24. The van der Waals surface area contributed by atoms with E-state index < -0.39 is 5.82 Å². The molecule has 0 aromatic heterocycles. The van der Waals surface area contributed by atoms with Crippen molar-refractivity contribution in [1.29, 1.82) is 0 Å². The van der Waals surface area contributed by atoms with Crippen LogP contribution in [-0.4, -0.2) is 5.78 Å².